The van der Waals surface area contributed by atoms with E-state index in [1.165, 1.54) is 36.1 Å². The standard InChI is InChI=1S/C22H16F3N3O4/c1-32-15-7-6-14-11-28(18(29)16(14)10-15)12-21(19(30)26-20(31)27-21)9-8-13-4-2-3-5-17(13)22(23,24)25/h2-7,10-11,29H,12H2,1H3,(H2,26,27,30,31)/t21-/m1/s1. The number of ether oxygens (including phenoxy) is 1. The van der Waals surface area contributed by atoms with Crippen molar-refractivity contribution < 1.29 is 32.6 Å². The molecule has 32 heavy (non-hydrogen) atoms. The molecule has 4 rings (SSSR count). The van der Waals surface area contributed by atoms with Crippen LogP contribution in [0.1, 0.15) is 11.1 Å². The maximum atomic E-state index is 13.3. The molecule has 3 amide bonds. The average Bonchev–Trinajstić information content (AvgIpc) is 3.21. The number of amides is 3. The lowest BCUT2D eigenvalue weighted by Gasteiger charge is -2.21. The molecule has 0 aliphatic carbocycles. The van der Waals surface area contributed by atoms with E-state index in [9.17, 15) is 27.9 Å². The normalized spacial score (nSPS) is 18.1. The number of alkyl halides is 3. The van der Waals surface area contributed by atoms with Gasteiger partial charge in [-0.3, -0.25) is 10.1 Å². The van der Waals surface area contributed by atoms with Crippen LogP contribution >= 0.6 is 0 Å². The topological polar surface area (TPSA) is 92.6 Å². The molecule has 10 heteroatoms. The van der Waals surface area contributed by atoms with Crippen LogP contribution in [0.3, 0.4) is 0 Å². The second-order valence-corrected chi connectivity index (χ2v) is 7.14. The van der Waals surface area contributed by atoms with Gasteiger partial charge in [-0.05, 0) is 30.3 Å². The van der Waals surface area contributed by atoms with Crippen LogP contribution in [0.15, 0.2) is 48.7 Å². The predicted octanol–water partition coefficient (Wildman–Crippen LogP) is 3.00. The molecule has 1 atom stereocenters. The van der Waals surface area contributed by atoms with Crippen LogP contribution in [0.25, 0.3) is 10.8 Å². The summed E-state index contributed by atoms with van der Waals surface area (Å²) in [6.07, 6.45) is -3.11. The summed E-state index contributed by atoms with van der Waals surface area (Å²) in [4.78, 5) is 24.5. The van der Waals surface area contributed by atoms with E-state index < -0.39 is 29.2 Å². The van der Waals surface area contributed by atoms with Gasteiger partial charge >= 0.3 is 12.2 Å². The number of aromatic nitrogens is 1. The van der Waals surface area contributed by atoms with E-state index in [2.05, 4.69) is 22.5 Å². The summed E-state index contributed by atoms with van der Waals surface area (Å²) in [5, 5.41) is 16.1. The van der Waals surface area contributed by atoms with E-state index in [0.29, 0.717) is 16.5 Å². The maximum Gasteiger partial charge on any atom is 0.417 e. The Morgan fingerprint density at radius 2 is 1.94 bits per heavy atom. The minimum atomic E-state index is -4.64. The number of imide groups is 1. The smallest absolute Gasteiger partial charge is 0.417 e. The highest BCUT2D eigenvalue weighted by molar-refractivity contribution is 6.09. The fourth-order valence-electron chi connectivity index (χ4n) is 3.47. The van der Waals surface area contributed by atoms with Crippen molar-refractivity contribution in [3.05, 3.63) is 59.8 Å². The third-order valence-electron chi connectivity index (χ3n) is 5.06. The van der Waals surface area contributed by atoms with E-state index >= 15 is 0 Å². The van der Waals surface area contributed by atoms with Crippen molar-refractivity contribution in [2.45, 2.75) is 18.3 Å². The molecular formula is C22H16F3N3O4. The second-order valence-electron chi connectivity index (χ2n) is 7.14. The van der Waals surface area contributed by atoms with Crippen LogP contribution < -0.4 is 15.4 Å². The molecule has 1 aliphatic rings. The fourth-order valence-corrected chi connectivity index (χ4v) is 3.47. The van der Waals surface area contributed by atoms with Gasteiger partial charge in [0.15, 0.2) is 5.88 Å². The first kappa shape index (κ1) is 21.1. The monoisotopic (exact) mass is 443 g/mol. The molecule has 1 aliphatic heterocycles. The highest BCUT2D eigenvalue weighted by atomic mass is 19.4. The molecule has 7 nitrogen and oxygen atoms in total. The predicted molar refractivity (Wildman–Crippen MR) is 108 cm³/mol. The Morgan fingerprint density at radius 3 is 2.59 bits per heavy atom. The van der Waals surface area contributed by atoms with Gasteiger partial charge in [-0.15, -0.1) is 0 Å². The van der Waals surface area contributed by atoms with Gasteiger partial charge in [0.2, 0.25) is 5.54 Å². The Balaban J connectivity index is 1.79. The van der Waals surface area contributed by atoms with Crippen LogP contribution in [0.5, 0.6) is 11.6 Å². The first-order valence-corrected chi connectivity index (χ1v) is 9.32. The third-order valence-corrected chi connectivity index (χ3v) is 5.06. The van der Waals surface area contributed by atoms with Crippen molar-refractivity contribution in [3.63, 3.8) is 0 Å². The molecule has 1 fully saturated rings. The van der Waals surface area contributed by atoms with Gasteiger partial charge in [0.25, 0.3) is 5.91 Å². The number of hydrogen-bond acceptors (Lipinski definition) is 4. The summed E-state index contributed by atoms with van der Waals surface area (Å²) >= 11 is 0. The number of methoxy groups -OCH3 is 1. The third kappa shape index (κ3) is 3.69. The number of urea groups is 1. The summed E-state index contributed by atoms with van der Waals surface area (Å²) in [7, 11) is 1.47. The Hall–Kier alpha value is -4.13. The van der Waals surface area contributed by atoms with E-state index in [-0.39, 0.29) is 18.0 Å². The lowest BCUT2D eigenvalue weighted by molar-refractivity contribution is -0.137. The van der Waals surface area contributed by atoms with Crippen molar-refractivity contribution in [1.29, 1.82) is 0 Å². The van der Waals surface area contributed by atoms with Gasteiger partial charge in [-0.25, -0.2) is 4.79 Å². The first-order valence-electron chi connectivity index (χ1n) is 9.32. The van der Waals surface area contributed by atoms with Crippen molar-refractivity contribution in [1.82, 2.24) is 15.2 Å². The molecule has 0 saturated carbocycles. The Kier molecular flexibility index (Phi) is 4.97. The number of fused-ring (bicyclic) bond motifs is 1. The molecular weight excluding hydrogens is 427 g/mol. The zero-order chi connectivity index (χ0) is 23.1. The summed E-state index contributed by atoms with van der Waals surface area (Å²) in [5.74, 6) is 4.32. The van der Waals surface area contributed by atoms with E-state index in [1.54, 1.807) is 18.2 Å². The first-order chi connectivity index (χ1) is 15.1. The summed E-state index contributed by atoms with van der Waals surface area (Å²) < 4.78 is 46.3. The Morgan fingerprint density at radius 1 is 1.19 bits per heavy atom. The quantitative estimate of drug-likeness (QED) is 0.429. The molecule has 0 spiro atoms. The van der Waals surface area contributed by atoms with Crippen molar-refractivity contribution in [2.24, 2.45) is 0 Å². The molecule has 2 aromatic carbocycles. The number of carbonyl (C=O) groups excluding carboxylic acids is 2. The van der Waals surface area contributed by atoms with Gasteiger partial charge in [-0.1, -0.05) is 24.0 Å². The lowest BCUT2D eigenvalue weighted by Crippen LogP contribution is -2.49. The van der Waals surface area contributed by atoms with Gasteiger partial charge in [-0.2, -0.15) is 13.2 Å². The maximum absolute atomic E-state index is 13.3. The lowest BCUT2D eigenvalue weighted by atomic mass is 9.98. The molecule has 164 valence electrons. The van der Waals surface area contributed by atoms with Crippen molar-refractivity contribution in [3.8, 4) is 23.5 Å². The van der Waals surface area contributed by atoms with E-state index in [1.807, 2.05) is 0 Å². The summed E-state index contributed by atoms with van der Waals surface area (Å²) in [6.45, 7) is -0.339. The van der Waals surface area contributed by atoms with Gasteiger partial charge < -0.3 is 19.7 Å². The minimum absolute atomic E-state index is 0.218. The van der Waals surface area contributed by atoms with Crippen LogP contribution in [0.2, 0.25) is 0 Å². The van der Waals surface area contributed by atoms with Crippen LogP contribution in [0.4, 0.5) is 18.0 Å². The highest BCUT2D eigenvalue weighted by Crippen LogP contribution is 2.33. The highest BCUT2D eigenvalue weighted by Gasteiger charge is 2.46. The Bertz CT molecular complexity index is 1300. The minimum Gasteiger partial charge on any atom is -0.497 e. The van der Waals surface area contributed by atoms with Gasteiger partial charge in [0.05, 0.1) is 19.2 Å². The zero-order valence-corrected chi connectivity index (χ0v) is 16.6. The molecule has 0 radical (unpaired) electrons. The number of rotatable bonds is 3. The van der Waals surface area contributed by atoms with Crippen molar-refractivity contribution >= 4 is 22.7 Å². The van der Waals surface area contributed by atoms with Gasteiger partial charge in [0.1, 0.15) is 5.75 Å². The average molecular weight is 443 g/mol. The SMILES string of the molecule is COc1ccc2cn(C[C@@]3(C#Cc4ccccc4C(F)(F)F)NC(=O)NC3=O)c(O)c2c1. The van der Waals surface area contributed by atoms with Crippen LogP contribution in [-0.2, 0) is 17.5 Å². The summed E-state index contributed by atoms with van der Waals surface area (Å²) in [6, 6.07) is 8.78. The fraction of sp³-hybridized carbons (Fsp3) is 0.182. The number of nitrogens with one attached hydrogen (secondary N) is 2. The van der Waals surface area contributed by atoms with Crippen LogP contribution in [-0.4, -0.2) is 34.3 Å². The number of aromatic hydroxyl groups is 1. The molecule has 0 bridgehead atoms. The molecule has 0 unspecified atom stereocenters. The summed E-state index contributed by atoms with van der Waals surface area (Å²) in [5.41, 5.74) is -3.21. The number of carbonyl (C=O) groups is 2. The van der Waals surface area contributed by atoms with Crippen LogP contribution in [0, 0.1) is 11.8 Å². The molecule has 3 N–H and O–H groups in total. The largest absolute Gasteiger partial charge is 0.497 e. The number of benzene rings is 2. The van der Waals surface area contributed by atoms with Crippen molar-refractivity contribution in [2.75, 3.05) is 7.11 Å². The molecule has 1 saturated heterocycles. The number of hydrogen-bond donors (Lipinski definition) is 3. The second kappa shape index (κ2) is 7.53. The van der Waals surface area contributed by atoms with E-state index in [0.717, 1.165) is 6.07 Å². The van der Waals surface area contributed by atoms with Gasteiger partial charge in [0, 0.05) is 22.5 Å². The zero-order valence-electron chi connectivity index (χ0n) is 16.6. The van der Waals surface area contributed by atoms with E-state index in [4.69, 9.17) is 4.74 Å². The number of nitrogens with zero attached hydrogens (tertiary/aromatic N) is 1. The molecule has 2 heterocycles. The molecule has 3 aromatic rings. The Labute approximate surface area is 179 Å². The molecule has 1 aromatic heterocycles. The number of halogens is 3.